The monoisotopic (exact) mass is 313 g/mol. The van der Waals surface area contributed by atoms with Crippen molar-refractivity contribution in [2.45, 2.75) is 6.92 Å². The number of carbonyl (C=O) groups excluding carboxylic acids is 1. The second-order valence-electron chi connectivity index (χ2n) is 5.02. The Labute approximate surface area is 131 Å². The predicted molar refractivity (Wildman–Crippen MR) is 84.8 cm³/mol. The zero-order valence-corrected chi connectivity index (χ0v) is 12.5. The molecule has 4 nitrogen and oxygen atoms in total. The van der Waals surface area contributed by atoms with E-state index in [0.717, 1.165) is 5.56 Å². The first-order valence-electron chi connectivity index (χ1n) is 6.63. The lowest BCUT2D eigenvalue weighted by atomic mass is 10.1. The van der Waals surface area contributed by atoms with E-state index in [1.165, 1.54) is 10.8 Å². The van der Waals surface area contributed by atoms with Crippen LogP contribution in [-0.2, 0) is 0 Å². The first-order valence-corrected chi connectivity index (χ1v) is 7.01. The Balaban J connectivity index is 2.21. The number of hydrogen-bond donors (Lipinski definition) is 1. The third-order valence-corrected chi connectivity index (χ3v) is 3.83. The summed E-state index contributed by atoms with van der Waals surface area (Å²) < 4.78 is 1.33. The van der Waals surface area contributed by atoms with Crippen LogP contribution in [0.5, 0.6) is 0 Å². The number of hydrogen-bond acceptors (Lipinski definition) is 2. The number of aryl methyl sites for hydroxylation is 1. The van der Waals surface area contributed by atoms with Crippen LogP contribution >= 0.6 is 11.6 Å². The summed E-state index contributed by atoms with van der Waals surface area (Å²) in [4.78, 5) is 24.1. The standard InChI is InChI=1S/C17H12ClNO3/c1-10-6-7-12(14(18)8-10)16(20)19-9-13(17(21)22)11-4-2-3-5-15(11)19/h2-9H,1H3,(H,21,22). The highest BCUT2D eigenvalue weighted by Gasteiger charge is 2.19. The van der Waals surface area contributed by atoms with Gasteiger partial charge in [-0.2, -0.15) is 0 Å². The first-order chi connectivity index (χ1) is 10.5. The third-order valence-electron chi connectivity index (χ3n) is 3.52. The van der Waals surface area contributed by atoms with E-state index in [0.29, 0.717) is 21.5 Å². The molecule has 0 amide bonds. The maximum Gasteiger partial charge on any atom is 0.337 e. The maximum absolute atomic E-state index is 12.7. The van der Waals surface area contributed by atoms with E-state index < -0.39 is 5.97 Å². The van der Waals surface area contributed by atoms with Crippen LogP contribution in [0.3, 0.4) is 0 Å². The molecule has 3 rings (SSSR count). The molecule has 0 saturated heterocycles. The van der Waals surface area contributed by atoms with Crippen LogP contribution in [-0.4, -0.2) is 21.6 Å². The van der Waals surface area contributed by atoms with Crippen molar-refractivity contribution in [3.8, 4) is 0 Å². The van der Waals surface area contributed by atoms with E-state index >= 15 is 0 Å². The number of aromatic carboxylic acids is 1. The summed E-state index contributed by atoms with van der Waals surface area (Å²) in [6, 6.07) is 12.0. The number of halogens is 1. The number of fused-ring (bicyclic) bond motifs is 1. The SMILES string of the molecule is Cc1ccc(C(=O)n2cc(C(=O)O)c3ccccc32)c(Cl)c1. The Bertz CT molecular complexity index is 911. The molecule has 0 atom stereocenters. The van der Waals surface area contributed by atoms with Gasteiger partial charge in [-0.3, -0.25) is 9.36 Å². The van der Waals surface area contributed by atoms with Crippen molar-refractivity contribution in [3.05, 3.63) is 70.4 Å². The Morgan fingerprint density at radius 2 is 1.82 bits per heavy atom. The fourth-order valence-electron chi connectivity index (χ4n) is 2.44. The van der Waals surface area contributed by atoms with Gasteiger partial charge >= 0.3 is 5.97 Å². The summed E-state index contributed by atoms with van der Waals surface area (Å²) in [5.74, 6) is -1.42. The van der Waals surface area contributed by atoms with Crippen LogP contribution in [0.2, 0.25) is 5.02 Å². The van der Waals surface area contributed by atoms with Gasteiger partial charge in [0.25, 0.3) is 5.91 Å². The number of benzene rings is 2. The predicted octanol–water partition coefficient (Wildman–Crippen LogP) is 3.99. The van der Waals surface area contributed by atoms with Crippen LogP contribution in [0.15, 0.2) is 48.7 Å². The highest BCUT2D eigenvalue weighted by Crippen LogP contribution is 2.25. The molecule has 0 aliphatic rings. The van der Waals surface area contributed by atoms with E-state index in [2.05, 4.69) is 0 Å². The fraction of sp³-hybridized carbons (Fsp3) is 0.0588. The summed E-state index contributed by atoms with van der Waals surface area (Å²) in [7, 11) is 0. The van der Waals surface area contributed by atoms with Crippen molar-refractivity contribution in [1.29, 1.82) is 0 Å². The third kappa shape index (κ3) is 2.27. The molecule has 0 bridgehead atoms. The van der Waals surface area contributed by atoms with Gasteiger partial charge in [0.15, 0.2) is 0 Å². The average Bonchev–Trinajstić information content (AvgIpc) is 2.86. The Morgan fingerprint density at radius 1 is 1.09 bits per heavy atom. The van der Waals surface area contributed by atoms with Crippen LogP contribution in [0.25, 0.3) is 10.9 Å². The molecule has 0 saturated carbocycles. The zero-order valence-electron chi connectivity index (χ0n) is 11.7. The second kappa shape index (κ2) is 5.31. The molecule has 0 aliphatic heterocycles. The number of carbonyl (C=O) groups is 2. The summed E-state index contributed by atoms with van der Waals surface area (Å²) in [5, 5.41) is 10.2. The highest BCUT2D eigenvalue weighted by molar-refractivity contribution is 6.34. The van der Waals surface area contributed by atoms with Crippen molar-refractivity contribution in [1.82, 2.24) is 4.57 Å². The second-order valence-corrected chi connectivity index (χ2v) is 5.43. The van der Waals surface area contributed by atoms with Gasteiger partial charge in [-0.25, -0.2) is 4.79 Å². The van der Waals surface area contributed by atoms with Gasteiger partial charge in [-0.05, 0) is 30.7 Å². The van der Waals surface area contributed by atoms with Crippen molar-refractivity contribution in [3.63, 3.8) is 0 Å². The molecule has 5 heteroatoms. The highest BCUT2D eigenvalue weighted by atomic mass is 35.5. The van der Waals surface area contributed by atoms with Crippen molar-refractivity contribution in [2.75, 3.05) is 0 Å². The minimum absolute atomic E-state index is 0.0900. The van der Waals surface area contributed by atoms with E-state index in [-0.39, 0.29) is 11.5 Å². The van der Waals surface area contributed by atoms with Crippen LogP contribution < -0.4 is 0 Å². The van der Waals surface area contributed by atoms with Gasteiger partial charge < -0.3 is 5.11 Å². The molecule has 1 N–H and O–H groups in total. The van der Waals surface area contributed by atoms with Crippen molar-refractivity contribution >= 4 is 34.4 Å². The zero-order chi connectivity index (χ0) is 15.9. The topological polar surface area (TPSA) is 59.3 Å². The summed E-state index contributed by atoms with van der Waals surface area (Å²) in [5.41, 5.74) is 1.92. The number of nitrogens with zero attached hydrogens (tertiary/aromatic N) is 1. The molecular weight excluding hydrogens is 302 g/mol. The summed E-state index contributed by atoms with van der Waals surface area (Å²) >= 11 is 6.14. The van der Waals surface area contributed by atoms with Crippen molar-refractivity contribution < 1.29 is 14.7 Å². The molecule has 1 heterocycles. The van der Waals surface area contributed by atoms with Gasteiger partial charge in [0.2, 0.25) is 0 Å². The van der Waals surface area contributed by atoms with Gasteiger partial charge in [0.1, 0.15) is 0 Å². The first kappa shape index (κ1) is 14.4. The van der Waals surface area contributed by atoms with Gasteiger partial charge in [0.05, 0.1) is 21.7 Å². The molecule has 0 unspecified atom stereocenters. The Kier molecular flexibility index (Phi) is 3.47. The van der Waals surface area contributed by atoms with E-state index in [1.54, 1.807) is 42.5 Å². The number of carboxylic acids is 1. The maximum atomic E-state index is 12.7. The van der Waals surface area contributed by atoms with Gasteiger partial charge in [-0.1, -0.05) is 35.9 Å². The largest absolute Gasteiger partial charge is 0.478 e. The van der Waals surface area contributed by atoms with Crippen molar-refractivity contribution in [2.24, 2.45) is 0 Å². The molecule has 0 aliphatic carbocycles. The smallest absolute Gasteiger partial charge is 0.337 e. The molecule has 3 aromatic rings. The Hall–Kier alpha value is -2.59. The lowest BCUT2D eigenvalue weighted by Gasteiger charge is -2.06. The average molecular weight is 314 g/mol. The number of aromatic nitrogens is 1. The molecular formula is C17H12ClNO3. The lowest BCUT2D eigenvalue weighted by molar-refractivity contribution is 0.0699. The number of para-hydroxylation sites is 1. The molecule has 22 heavy (non-hydrogen) atoms. The fourth-order valence-corrected chi connectivity index (χ4v) is 2.76. The van der Waals surface area contributed by atoms with E-state index in [9.17, 15) is 14.7 Å². The summed E-state index contributed by atoms with van der Waals surface area (Å²) in [6.45, 7) is 1.88. The summed E-state index contributed by atoms with van der Waals surface area (Å²) in [6.07, 6.45) is 1.34. The molecule has 0 spiro atoms. The lowest BCUT2D eigenvalue weighted by Crippen LogP contribution is -2.11. The molecule has 0 radical (unpaired) electrons. The molecule has 1 aromatic heterocycles. The number of rotatable bonds is 2. The molecule has 110 valence electrons. The normalized spacial score (nSPS) is 10.8. The van der Waals surface area contributed by atoms with Crippen LogP contribution in [0, 0.1) is 6.92 Å². The van der Waals surface area contributed by atoms with E-state index in [4.69, 9.17) is 11.6 Å². The molecule has 2 aromatic carbocycles. The quantitative estimate of drug-likeness (QED) is 0.778. The minimum atomic E-state index is -1.07. The Morgan fingerprint density at radius 3 is 2.50 bits per heavy atom. The van der Waals surface area contributed by atoms with Crippen LogP contribution in [0.4, 0.5) is 0 Å². The van der Waals surface area contributed by atoms with E-state index in [1.807, 2.05) is 6.92 Å². The number of carboxylic acid groups (broad SMARTS) is 1. The molecule has 0 fully saturated rings. The van der Waals surface area contributed by atoms with Gasteiger partial charge in [-0.15, -0.1) is 0 Å². The minimum Gasteiger partial charge on any atom is -0.478 e. The van der Waals surface area contributed by atoms with Gasteiger partial charge in [0, 0.05) is 11.6 Å². The van der Waals surface area contributed by atoms with Crippen LogP contribution in [0.1, 0.15) is 26.3 Å².